The van der Waals surface area contributed by atoms with Crippen LogP contribution in [0.5, 0.6) is 0 Å². The van der Waals surface area contributed by atoms with Crippen molar-refractivity contribution in [2.75, 3.05) is 0 Å². The van der Waals surface area contributed by atoms with Crippen LogP contribution in [0.15, 0.2) is 53.3 Å². The normalized spacial score (nSPS) is 11.0. The molecule has 0 aliphatic carbocycles. The lowest BCUT2D eigenvalue weighted by atomic mass is 10.1. The van der Waals surface area contributed by atoms with Crippen molar-refractivity contribution in [1.82, 2.24) is 0 Å². The highest BCUT2D eigenvalue weighted by Gasteiger charge is 2.07. The maximum Gasteiger partial charge on any atom is 0.194 e. The lowest BCUT2D eigenvalue weighted by Crippen LogP contribution is -1.98. The monoisotopic (exact) mass is 274 g/mol. The topological polar surface area (TPSA) is 17.1 Å². The van der Waals surface area contributed by atoms with Gasteiger partial charge < -0.3 is 0 Å². The van der Waals surface area contributed by atoms with Crippen LogP contribution in [0.3, 0.4) is 0 Å². The highest BCUT2D eigenvalue weighted by Crippen LogP contribution is 2.29. The third kappa shape index (κ3) is 1.67. The molecule has 3 aromatic rings. The average Bonchev–Trinajstić information content (AvgIpc) is 2.53. The molecule has 88 valence electrons. The van der Waals surface area contributed by atoms with Crippen molar-refractivity contribution >= 4 is 44.7 Å². The molecule has 3 rings (SSSR count). The van der Waals surface area contributed by atoms with Gasteiger partial charge in [-0.15, -0.1) is 0 Å². The first-order chi connectivity index (χ1) is 8.68. The van der Waals surface area contributed by atoms with Crippen LogP contribution in [0, 0.1) is 0 Å². The Morgan fingerprint density at radius 2 is 1.44 bits per heavy atom. The van der Waals surface area contributed by atoms with Gasteiger partial charge in [0, 0.05) is 16.2 Å². The summed E-state index contributed by atoms with van der Waals surface area (Å²) in [5.41, 5.74) is -0.0239. The van der Waals surface area contributed by atoms with Gasteiger partial charge in [-0.25, -0.2) is 0 Å². The molecule has 0 unspecified atom stereocenters. The van der Waals surface area contributed by atoms with Crippen LogP contribution in [0.1, 0.15) is 0 Å². The summed E-state index contributed by atoms with van der Waals surface area (Å²) >= 11 is 12.1. The highest BCUT2D eigenvalue weighted by molar-refractivity contribution is 6.45. The molecule has 0 fully saturated rings. The van der Waals surface area contributed by atoms with Crippen molar-refractivity contribution in [3.05, 3.63) is 68.8 Å². The zero-order chi connectivity index (χ0) is 12.7. The molecule has 0 aromatic heterocycles. The zero-order valence-corrected chi connectivity index (χ0v) is 10.8. The second-order valence-corrected chi connectivity index (χ2v) is 4.86. The Kier molecular flexibility index (Phi) is 2.73. The number of benzene rings is 2. The molecule has 0 aliphatic heterocycles. The van der Waals surface area contributed by atoms with Crippen LogP contribution >= 0.6 is 23.2 Å². The minimum absolute atomic E-state index is 0.0239. The number of fused-ring (bicyclic) bond motifs is 2. The van der Waals surface area contributed by atoms with E-state index >= 15 is 0 Å². The summed E-state index contributed by atoms with van der Waals surface area (Å²) in [5, 5.41) is 3.73. The van der Waals surface area contributed by atoms with E-state index in [9.17, 15) is 4.79 Å². The van der Waals surface area contributed by atoms with E-state index in [1.165, 1.54) is 0 Å². The summed E-state index contributed by atoms with van der Waals surface area (Å²) in [6, 6.07) is 14.6. The molecule has 0 amide bonds. The van der Waals surface area contributed by atoms with Crippen molar-refractivity contribution in [3.63, 3.8) is 0 Å². The van der Waals surface area contributed by atoms with Gasteiger partial charge in [-0.05, 0) is 17.5 Å². The van der Waals surface area contributed by atoms with Crippen LogP contribution in [0.25, 0.3) is 21.5 Å². The highest BCUT2D eigenvalue weighted by atomic mass is 35.5. The van der Waals surface area contributed by atoms with E-state index in [4.69, 9.17) is 23.2 Å². The van der Waals surface area contributed by atoms with Gasteiger partial charge in [-0.1, -0.05) is 59.6 Å². The molecule has 0 bridgehead atoms. The van der Waals surface area contributed by atoms with Crippen molar-refractivity contribution in [3.8, 4) is 0 Å². The fourth-order valence-corrected chi connectivity index (χ4v) is 2.49. The molecule has 0 heterocycles. The largest absolute Gasteiger partial charge is 0.289 e. The Hall–Kier alpha value is -1.57. The minimum atomic E-state index is -0.0239. The fourth-order valence-electron chi connectivity index (χ4n) is 2.09. The van der Waals surface area contributed by atoms with Gasteiger partial charge >= 0.3 is 0 Å². The van der Waals surface area contributed by atoms with Crippen molar-refractivity contribution in [1.29, 1.82) is 0 Å². The summed E-state index contributed by atoms with van der Waals surface area (Å²) in [6.45, 7) is 0. The number of rotatable bonds is 0. The smallest absolute Gasteiger partial charge is 0.194 e. The molecule has 0 saturated carbocycles. The lowest BCUT2D eigenvalue weighted by molar-refractivity contribution is 1.74. The molecule has 1 nitrogen and oxygen atoms in total. The SMILES string of the molecule is O=c1c2ccccc2ccc2c(Cl)c(Cl)ccc12. The molecule has 0 spiro atoms. The first kappa shape index (κ1) is 11.5. The van der Waals surface area contributed by atoms with Gasteiger partial charge in [0.2, 0.25) is 0 Å². The Morgan fingerprint density at radius 3 is 2.28 bits per heavy atom. The Balaban J connectivity index is 2.66. The maximum atomic E-state index is 12.4. The van der Waals surface area contributed by atoms with E-state index in [-0.39, 0.29) is 5.43 Å². The summed E-state index contributed by atoms with van der Waals surface area (Å²) < 4.78 is 0. The maximum absolute atomic E-state index is 12.4. The molecule has 0 N–H and O–H groups in total. The molecular weight excluding hydrogens is 267 g/mol. The Bertz CT molecular complexity index is 825. The predicted molar refractivity (Wildman–Crippen MR) is 77.7 cm³/mol. The van der Waals surface area contributed by atoms with E-state index in [1.807, 2.05) is 36.4 Å². The fraction of sp³-hybridized carbons (Fsp3) is 0. The Morgan fingerprint density at radius 1 is 0.722 bits per heavy atom. The molecule has 0 saturated heterocycles. The van der Waals surface area contributed by atoms with Crippen LogP contribution in [0.2, 0.25) is 10.0 Å². The molecule has 18 heavy (non-hydrogen) atoms. The average molecular weight is 275 g/mol. The molecule has 3 heteroatoms. The van der Waals surface area contributed by atoms with Gasteiger partial charge in [0.1, 0.15) is 0 Å². The van der Waals surface area contributed by atoms with Gasteiger partial charge in [-0.3, -0.25) is 4.79 Å². The van der Waals surface area contributed by atoms with Gasteiger partial charge in [0.15, 0.2) is 5.43 Å². The summed E-state index contributed by atoms with van der Waals surface area (Å²) in [6.07, 6.45) is 0. The van der Waals surface area contributed by atoms with Gasteiger partial charge in [0.25, 0.3) is 0 Å². The van der Waals surface area contributed by atoms with E-state index in [0.29, 0.717) is 26.2 Å². The zero-order valence-electron chi connectivity index (χ0n) is 9.28. The summed E-state index contributed by atoms with van der Waals surface area (Å²) in [5.74, 6) is 0. The van der Waals surface area contributed by atoms with Crippen molar-refractivity contribution in [2.45, 2.75) is 0 Å². The number of hydrogen-bond acceptors (Lipinski definition) is 1. The molecule has 0 atom stereocenters. The predicted octanol–water partition coefficient (Wildman–Crippen LogP) is 4.66. The van der Waals surface area contributed by atoms with Crippen LogP contribution < -0.4 is 5.43 Å². The first-order valence-electron chi connectivity index (χ1n) is 5.48. The second kappa shape index (κ2) is 4.27. The van der Waals surface area contributed by atoms with Crippen LogP contribution in [-0.2, 0) is 0 Å². The van der Waals surface area contributed by atoms with Crippen LogP contribution in [-0.4, -0.2) is 0 Å². The lowest BCUT2D eigenvalue weighted by Gasteiger charge is -1.97. The number of halogens is 2. The summed E-state index contributed by atoms with van der Waals surface area (Å²) in [4.78, 5) is 12.4. The standard InChI is InChI=1S/C15H8Cl2O/c16-13-8-7-12-11(14(13)17)6-5-9-3-1-2-4-10(9)15(12)18/h1-8H. The molecular formula is C15H8Cl2O. The van der Waals surface area contributed by atoms with Crippen LogP contribution in [0.4, 0.5) is 0 Å². The van der Waals surface area contributed by atoms with Gasteiger partial charge in [0.05, 0.1) is 10.0 Å². The van der Waals surface area contributed by atoms with Crippen molar-refractivity contribution < 1.29 is 0 Å². The minimum Gasteiger partial charge on any atom is -0.289 e. The van der Waals surface area contributed by atoms with E-state index in [2.05, 4.69) is 0 Å². The quantitative estimate of drug-likeness (QED) is 0.583. The third-order valence-corrected chi connectivity index (χ3v) is 3.83. The molecule has 0 radical (unpaired) electrons. The molecule has 0 aliphatic rings. The van der Waals surface area contributed by atoms with Gasteiger partial charge in [-0.2, -0.15) is 0 Å². The van der Waals surface area contributed by atoms with E-state index < -0.39 is 0 Å². The second-order valence-electron chi connectivity index (χ2n) is 4.07. The Labute approximate surface area is 114 Å². The summed E-state index contributed by atoms with van der Waals surface area (Å²) in [7, 11) is 0. The first-order valence-corrected chi connectivity index (χ1v) is 6.24. The van der Waals surface area contributed by atoms with E-state index in [1.54, 1.807) is 12.1 Å². The van der Waals surface area contributed by atoms with Crippen molar-refractivity contribution in [2.24, 2.45) is 0 Å². The van der Waals surface area contributed by atoms with E-state index in [0.717, 1.165) is 5.39 Å². The number of hydrogen-bond donors (Lipinski definition) is 0. The molecule has 3 aromatic carbocycles. The third-order valence-electron chi connectivity index (χ3n) is 3.01.